The van der Waals surface area contributed by atoms with Gasteiger partial charge in [-0.2, -0.15) is 0 Å². The lowest BCUT2D eigenvalue weighted by Crippen LogP contribution is -2.53. The number of ketones is 1. The molecule has 1 N–H and O–H groups in total. The van der Waals surface area contributed by atoms with Crippen LogP contribution in [0.3, 0.4) is 0 Å². The Labute approximate surface area is 120 Å². The second-order valence-corrected chi connectivity index (χ2v) is 5.61. The molecule has 0 spiro atoms. The molecule has 0 unspecified atom stereocenters. The predicted molar refractivity (Wildman–Crippen MR) is 78.3 cm³/mol. The molecule has 0 saturated carbocycles. The molecule has 1 aliphatic heterocycles. The Bertz CT molecular complexity index is 477. The van der Waals surface area contributed by atoms with Gasteiger partial charge in [0.05, 0.1) is 12.1 Å². The van der Waals surface area contributed by atoms with Crippen molar-refractivity contribution in [3.05, 3.63) is 35.9 Å². The zero-order valence-corrected chi connectivity index (χ0v) is 12.2. The van der Waals surface area contributed by atoms with Crippen LogP contribution in [-0.4, -0.2) is 36.2 Å². The summed E-state index contributed by atoms with van der Waals surface area (Å²) < 4.78 is 0. The minimum atomic E-state index is -0.291. The number of nitrogens with zero attached hydrogens (tertiary/aromatic N) is 1. The first-order valence-electron chi connectivity index (χ1n) is 7.08. The highest BCUT2D eigenvalue weighted by Gasteiger charge is 2.36. The third kappa shape index (κ3) is 3.45. The number of Topliss-reactive ketones (excluding diaryl/α,β-unsaturated/α-hetero) is 1. The number of carbonyl (C=O) groups excluding carboxylic acids is 2. The highest BCUT2D eigenvalue weighted by molar-refractivity contribution is 5.77. The monoisotopic (exact) mass is 274 g/mol. The van der Waals surface area contributed by atoms with Crippen molar-refractivity contribution in [1.29, 1.82) is 0 Å². The quantitative estimate of drug-likeness (QED) is 0.909. The molecule has 4 heteroatoms. The average Bonchev–Trinajstić information content (AvgIpc) is 2.41. The van der Waals surface area contributed by atoms with Crippen LogP contribution < -0.4 is 5.32 Å². The Morgan fingerprint density at radius 2 is 1.75 bits per heavy atom. The molecule has 1 aromatic rings. The molecule has 1 fully saturated rings. The number of rotatable bonds is 4. The standard InChI is InChI=1S/C16H22N2O2/c1-13(19)12-18-10-8-16(9-11-18,17-14(2)20)15-6-4-3-5-7-15/h3-7H,8-12H2,1-2H3,(H,17,20). The van der Waals surface area contributed by atoms with Crippen LogP contribution in [0.25, 0.3) is 0 Å². The van der Waals surface area contributed by atoms with Crippen molar-refractivity contribution < 1.29 is 9.59 Å². The first-order chi connectivity index (χ1) is 9.52. The van der Waals surface area contributed by atoms with Gasteiger partial charge in [-0.3, -0.25) is 14.5 Å². The van der Waals surface area contributed by atoms with Gasteiger partial charge in [0.15, 0.2) is 0 Å². The van der Waals surface area contributed by atoms with E-state index in [0.717, 1.165) is 31.5 Å². The van der Waals surface area contributed by atoms with E-state index in [1.165, 1.54) is 0 Å². The summed E-state index contributed by atoms with van der Waals surface area (Å²) in [6.45, 7) is 5.34. The van der Waals surface area contributed by atoms with Crippen molar-refractivity contribution in [2.45, 2.75) is 32.2 Å². The van der Waals surface area contributed by atoms with Crippen molar-refractivity contribution in [3.63, 3.8) is 0 Å². The molecular weight excluding hydrogens is 252 g/mol. The summed E-state index contributed by atoms with van der Waals surface area (Å²) in [5.41, 5.74) is 0.859. The van der Waals surface area contributed by atoms with Crippen molar-refractivity contribution >= 4 is 11.7 Å². The maximum Gasteiger partial charge on any atom is 0.217 e. The number of hydrogen-bond acceptors (Lipinski definition) is 3. The number of likely N-dealkylation sites (tertiary alicyclic amines) is 1. The lowest BCUT2D eigenvalue weighted by molar-refractivity contribution is -0.123. The van der Waals surface area contributed by atoms with Crippen LogP contribution in [0.1, 0.15) is 32.3 Å². The largest absolute Gasteiger partial charge is 0.347 e. The van der Waals surface area contributed by atoms with E-state index < -0.39 is 0 Å². The summed E-state index contributed by atoms with van der Waals surface area (Å²) in [5, 5.41) is 3.13. The van der Waals surface area contributed by atoms with Gasteiger partial charge < -0.3 is 5.32 Å². The Morgan fingerprint density at radius 1 is 1.15 bits per heavy atom. The number of nitrogens with one attached hydrogen (secondary N) is 1. The Hall–Kier alpha value is -1.68. The molecule has 2 rings (SSSR count). The van der Waals surface area contributed by atoms with Crippen molar-refractivity contribution in [2.24, 2.45) is 0 Å². The molecule has 0 aliphatic carbocycles. The second-order valence-electron chi connectivity index (χ2n) is 5.61. The third-order valence-corrected chi connectivity index (χ3v) is 3.90. The van der Waals surface area contributed by atoms with Crippen LogP contribution in [0.5, 0.6) is 0 Å². The van der Waals surface area contributed by atoms with Gasteiger partial charge in [0.2, 0.25) is 5.91 Å². The van der Waals surface area contributed by atoms with E-state index >= 15 is 0 Å². The second kappa shape index (κ2) is 6.18. The van der Waals surface area contributed by atoms with E-state index in [1.54, 1.807) is 13.8 Å². The molecule has 4 nitrogen and oxygen atoms in total. The first kappa shape index (κ1) is 14.7. The van der Waals surface area contributed by atoms with Gasteiger partial charge >= 0.3 is 0 Å². The molecule has 108 valence electrons. The van der Waals surface area contributed by atoms with E-state index in [0.29, 0.717) is 6.54 Å². The number of benzene rings is 1. The molecule has 0 radical (unpaired) electrons. The van der Waals surface area contributed by atoms with Crippen molar-refractivity contribution in [3.8, 4) is 0 Å². The number of amides is 1. The van der Waals surface area contributed by atoms with E-state index in [-0.39, 0.29) is 17.2 Å². The van der Waals surface area contributed by atoms with Crippen molar-refractivity contribution in [1.82, 2.24) is 10.2 Å². The molecule has 1 saturated heterocycles. The van der Waals surface area contributed by atoms with Crippen LogP contribution >= 0.6 is 0 Å². The minimum Gasteiger partial charge on any atom is -0.347 e. The summed E-state index contributed by atoms with van der Waals surface area (Å²) in [6, 6.07) is 10.1. The van der Waals surface area contributed by atoms with Gasteiger partial charge in [0, 0.05) is 20.0 Å². The van der Waals surface area contributed by atoms with Gasteiger partial charge in [-0.05, 0) is 25.3 Å². The molecule has 1 amide bonds. The van der Waals surface area contributed by atoms with E-state index in [2.05, 4.69) is 22.3 Å². The van der Waals surface area contributed by atoms with Gasteiger partial charge in [-0.1, -0.05) is 30.3 Å². The number of carbonyl (C=O) groups is 2. The zero-order valence-electron chi connectivity index (χ0n) is 12.2. The summed E-state index contributed by atoms with van der Waals surface area (Å²) >= 11 is 0. The van der Waals surface area contributed by atoms with Gasteiger partial charge in [-0.15, -0.1) is 0 Å². The normalized spacial score (nSPS) is 18.5. The van der Waals surface area contributed by atoms with E-state index in [1.807, 2.05) is 18.2 Å². The smallest absolute Gasteiger partial charge is 0.217 e. The first-order valence-corrected chi connectivity index (χ1v) is 7.08. The highest BCUT2D eigenvalue weighted by Crippen LogP contribution is 2.32. The number of piperidine rings is 1. The van der Waals surface area contributed by atoms with Crippen LogP contribution in [-0.2, 0) is 15.1 Å². The van der Waals surface area contributed by atoms with Gasteiger partial charge in [0.1, 0.15) is 5.78 Å². The van der Waals surface area contributed by atoms with Gasteiger partial charge in [0.25, 0.3) is 0 Å². The Balaban J connectivity index is 2.15. The maximum atomic E-state index is 11.6. The van der Waals surface area contributed by atoms with Gasteiger partial charge in [-0.25, -0.2) is 0 Å². The van der Waals surface area contributed by atoms with E-state index in [4.69, 9.17) is 0 Å². The predicted octanol–water partition coefficient (Wildman–Crippen LogP) is 1.70. The molecular formula is C16H22N2O2. The summed E-state index contributed by atoms with van der Waals surface area (Å²) in [7, 11) is 0. The summed E-state index contributed by atoms with van der Waals surface area (Å²) in [4.78, 5) is 24.9. The molecule has 0 bridgehead atoms. The summed E-state index contributed by atoms with van der Waals surface area (Å²) in [6.07, 6.45) is 1.67. The van der Waals surface area contributed by atoms with Crippen LogP contribution in [0, 0.1) is 0 Å². The molecule has 1 heterocycles. The molecule has 0 atom stereocenters. The number of hydrogen-bond donors (Lipinski definition) is 1. The molecule has 0 aromatic heterocycles. The molecule has 1 aliphatic rings. The lowest BCUT2D eigenvalue weighted by Gasteiger charge is -2.42. The average molecular weight is 274 g/mol. The molecule has 20 heavy (non-hydrogen) atoms. The fraction of sp³-hybridized carbons (Fsp3) is 0.500. The maximum absolute atomic E-state index is 11.6. The van der Waals surface area contributed by atoms with Crippen LogP contribution in [0.2, 0.25) is 0 Å². The topological polar surface area (TPSA) is 49.4 Å². The fourth-order valence-corrected chi connectivity index (χ4v) is 2.99. The molecule has 1 aromatic carbocycles. The lowest BCUT2D eigenvalue weighted by atomic mass is 9.80. The Morgan fingerprint density at radius 3 is 2.25 bits per heavy atom. The van der Waals surface area contributed by atoms with Crippen molar-refractivity contribution in [2.75, 3.05) is 19.6 Å². The third-order valence-electron chi connectivity index (χ3n) is 3.90. The fourth-order valence-electron chi connectivity index (χ4n) is 2.99. The van der Waals surface area contributed by atoms with Crippen LogP contribution in [0.15, 0.2) is 30.3 Å². The minimum absolute atomic E-state index is 0.00568. The zero-order chi connectivity index (χ0) is 14.6. The Kier molecular flexibility index (Phi) is 4.55. The summed E-state index contributed by atoms with van der Waals surface area (Å²) in [5.74, 6) is 0.186. The van der Waals surface area contributed by atoms with E-state index in [9.17, 15) is 9.59 Å². The SMILES string of the molecule is CC(=O)CN1CCC(NC(C)=O)(c2ccccc2)CC1. The van der Waals surface area contributed by atoms with Crippen LogP contribution in [0.4, 0.5) is 0 Å². The highest BCUT2D eigenvalue weighted by atomic mass is 16.1.